The van der Waals surface area contributed by atoms with E-state index in [1.807, 2.05) is 5.01 Å². The zero-order chi connectivity index (χ0) is 21.7. The molecule has 8 aliphatic rings. The molecular formula is C24H31N3O4. The number of aliphatic hydroxyl groups excluding tert-OH is 1. The average Bonchev–Trinajstić information content (AvgIpc) is 3.13. The van der Waals surface area contributed by atoms with E-state index in [1.54, 1.807) is 0 Å². The normalized spacial score (nSPS) is 57.3. The topological polar surface area (TPSA) is 94.7 Å². The molecular weight excluding hydrogens is 394 g/mol. The van der Waals surface area contributed by atoms with E-state index < -0.39 is 22.7 Å². The van der Waals surface area contributed by atoms with E-state index in [0.717, 1.165) is 25.0 Å². The van der Waals surface area contributed by atoms with Crippen LogP contribution in [0.3, 0.4) is 0 Å². The average molecular weight is 426 g/mol. The smallest absolute Gasteiger partial charge is 0.206 e. The highest BCUT2D eigenvalue weighted by molar-refractivity contribution is 6.12. The third-order valence-corrected chi connectivity index (χ3v) is 10.5. The Labute approximate surface area is 182 Å². The fraction of sp³-hybridized carbons (Fsp3) is 0.792. The monoisotopic (exact) mass is 425 g/mol. The number of allylic oxidation sites excluding steroid dienone is 2. The summed E-state index contributed by atoms with van der Waals surface area (Å²) in [5.74, 6) is -1.63. The second kappa shape index (κ2) is 5.15. The number of hydrogen-bond donors (Lipinski definition) is 2. The second-order valence-electron chi connectivity index (χ2n) is 11.8. The van der Waals surface area contributed by atoms with Gasteiger partial charge in [0, 0.05) is 22.8 Å². The molecule has 5 fully saturated rings. The molecule has 10 atom stereocenters. The number of nitrogens with zero attached hydrogens (tertiary/aromatic N) is 3. The van der Waals surface area contributed by atoms with Gasteiger partial charge in [-0.1, -0.05) is 36.8 Å². The first-order valence-corrected chi connectivity index (χ1v) is 11.8. The fourth-order valence-electron chi connectivity index (χ4n) is 9.44. The highest BCUT2D eigenvalue weighted by Crippen LogP contribution is 2.81. The van der Waals surface area contributed by atoms with Crippen LogP contribution in [0.1, 0.15) is 40.5 Å². The Bertz CT molecular complexity index is 1020. The zero-order valence-corrected chi connectivity index (χ0v) is 18.6. The molecule has 2 saturated heterocycles. The van der Waals surface area contributed by atoms with Crippen LogP contribution in [0.15, 0.2) is 33.6 Å². The van der Waals surface area contributed by atoms with Gasteiger partial charge in [-0.3, -0.25) is 9.80 Å². The summed E-state index contributed by atoms with van der Waals surface area (Å²) in [7, 11) is 0. The first-order valence-electron chi connectivity index (χ1n) is 11.8. The SMILES string of the molecule is CC1=C2C(=O)C34C2C1CCC3C12C=CC(N3CC(C)N=N3)C(C)(C)C1C(O)C4(O)OC2. The summed E-state index contributed by atoms with van der Waals surface area (Å²) in [6.07, 6.45) is 5.25. The predicted molar refractivity (Wildman–Crippen MR) is 110 cm³/mol. The highest BCUT2D eigenvalue weighted by Gasteiger charge is 2.89. The third kappa shape index (κ3) is 1.63. The molecule has 31 heavy (non-hydrogen) atoms. The van der Waals surface area contributed by atoms with Crippen molar-refractivity contribution in [2.24, 2.45) is 50.3 Å². The van der Waals surface area contributed by atoms with Gasteiger partial charge in [-0.15, -0.1) is 0 Å². The lowest BCUT2D eigenvalue weighted by Gasteiger charge is -2.80. The molecule has 0 aromatic rings. The molecule has 3 aliphatic heterocycles. The maximum Gasteiger partial charge on any atom is 0.206 e. The van der Waals surface area contributed by atoms with Crippen LogP contribution in [-0.4, -0.2) is 58.1 Å². The van der Waals surface area contributed by atoms with Crippen LogP contribution in [0.2, 0.25) is 0 Å². The van der Waals surface area contributed by atoms with Gasteiger partial charge in [-0.25, -0.2) is 0 Å². The minimum absolute atomic E-state index is 0.00615. The van der Waals surface area contributed by atoms with Gasteiger partial charge in [0.25, 0.3) is 0 Å². The summed E-state index contributed by atoms with van der Waals surface area (Å²) in [5.41, 5.74) is 0.272. The summed E-state index contributed by atoms with van der Waals surface area (Å²) in [5, 5.41) is 34.5. The summed E-state index contributed by atoms with van der Waals surface area (Å²) in [6.45, 7) is 9.54. The van der Waals surface area contributed by atoms with Crippen LogP contribution in [0.25, 0.3) is 0 Å². The number of Topliss-reactive ketones (excluding diaryl/α,β-unsaturated/α-hetero) is 1. The largest absolute Gasteiger partial charge is 0.387 e. The molecule has 2 bridgehead atoms. The van der Waals surface area contributed by atoms with E-state index in [0.29, 0.717) is 12.5 Å². The van der Waals surface area contributed by atoms with Gasteiger partial charge in [-0.2, -0.15) is 5.11 Å². The van der Waals surface area contributed by atoms with E-state index in [2.05, 4.69) is 50.2 Å². The van der Waals surface area contributed by atoms with E-state index in [4.69, 9.17) is 4.74 Å². The number of aliphatic hydroxyl groups is 2. The van der Waals surface area contributed by atoms with Gasteiger partial charge in [-0.05, 0) is 43.9 Å². The third-order valence-electron chi connectivity index (χ3n) is 10.5. The van der Waals surface area contributed by atoms with E-state index in [1.165, 1.54) is 5.57 Å². The Morgan fingerprint density at radius 2 is 2.06 bits per heavy atom. The molecule has 10 unspecified atom stereocenters. The number of carbonyl (C=O) groups excluding carboxylic acids is 1. The molecule has 2 N–H and O–H groups in total. The Morgan fingerprint density at radius 3 is 2.77 bits per heavy atom. The minimum Gasteiger partial charge on any atom is -0.387 e. The van der Waals surface area contributed by atoms with Crippen molar-refractivity contribution in [3.8, 4) is 0 Å². The first kappa shape index (κ1) is 18.9. The first-order chi connectivity index (χ1) is 14.6. The Kier molecular flexibility index (Phi) is 3.15. The molecule has 5 aliphatic carbocycles. The molecule has 166 valence electrons. The Morgan fingerprint density at radius 1 is 1.29 bits per heavy atom. The maximum atomic E-state index is 13.6. The van der Waals surface area contributed by atoms with Crippen LogP contribution in [-0.2, 0) is 9.53 Å². The van der Waals surface area contributed by atoms with Crippen LogP contribution in [0.4, 0.5) is 0 Å². The minimum atomic E-state index is -1.82. The molecule has 3 saturated carbocycles. The molecule has 0 amide bonds. The lowest BCUT2D eigenvalue weighted by atomic mass is 9.26. The van der Waals surface area contributed by atoms with Gasteiger partial charge in [0.1, 0.15) is 11.5 Å². The number of rotatable bonds is 1. The molecule has 8 rings (SSSR count). The standard InChI is InChI=1S/C24H31N3O4/c1-11-9-27(26-25-11)15-7-8-22-10-31-24(30,20(29)18(22)21(15,3)4)23-14(22)6-5-13-12(2)16(17(13)23)19(23)28/h7-8,11,13-15,17-18,20,29-30H,5-6,9-10H2,1-4H3. The van der Waals surface area contributed by atoms with Gasteiger partial charge in [0.05, 0.1) is 25.2 Å². The molecule has 7 heteroatoms. The van der Waals surface area contributed by atoms with Gasteiger partial charge >= 0.3 is 0 Å². The lowest BCUT2D eigenvalue weighted by Crippen LogP contribution is -2.89. The van der Waals surface area contributed by atoms with Gasteiger partial charge in [0.2, 0.25) is 5.79 Å². The lowest BCUT2D eigenvalue weighted by molar-refractivity contribution is -0.444. The molecule has 0 aromatic heterocycles. The fourth-order valence-corrected chi connectivity index (χ4v) is 9.44. The van der Waals surface area contributed by atoms with Crippen LogP contribution in [0, 0.1) is 39.9 Å². The van der Waals surface area contributed by atoms with Crippen molar-refractivity contribution in [3.05, 3.63) is 23.3 Å². The summed E-state index contributed by atoms with van der Waals surface area (Å²) >= 11 is 0. The number of ketones is 1. The van der Waals surface area contributed by atoms with Crippen molar-refractivity contribution >= 4 is 5.78 Å². The Hall–Kier alpha value is -1.57. The number of fused-ring (bicyclic) bond motifs is 1. The summed E-state index contributed by atoms with van der Waals surface area (Å²) in [4.78, 5) is 13.6. The van der Waals surface area contributed by atoms with Crippen LogP contribution in [0.5, 0.6) is 0 Å². The summed E-state index contributed by atoms with van der Waals surface area (Å²) in [6, 6.07) is 0.124. The quantitative estimate of drug-likeness (QED) is 0.629. The van der Waals surface area contributed by atoms with Crippen LogP contribution >= 0.6 is 0 Å². The zero-order valence-electron chi connectivity index (χ0n) is 18.6. The van der Waals surface area contributed by atoms with Gasteiger partial charge < -0.3 is 14.9 Å². The molecule has 2 spiro atoms. The number of carbonyl (C=O) groups is 1. The number of hydrogen-bond acceptors (Lipinski definition) is 7. The molecule has 3 heterocycles. The molecule has 0 radical (unpaired) electrons. The van der Waals surface area contributed by atoms with Crippen molar-refractivity contribution in [2.75, 3.05) is 13.2 Å². The van der Waals surface area contributed by atoms with Crippen molar-refractivity contribution in [2.45, 2.75) is 64.5 Å². The maximum absolute atomic E-state index is 13.6. The van der Waals surface area contributed by atoms with E-state index >= 15 is 0 Å². The summed E-state index contributed by atoms with van der Waals surface area (Å²) < 4.78 is 6.13. The molecule has 7 nitrogen and oxygen atoms in total. The highest BCUT2D eigenvalue weighted by atomic mass is 16.6. The Balaban J connectivity index is 1.40. The van der Waals surface area contributed by atoms with Gasteiger partial charge in [0.15, 0.2) is 5.78 Å². The van der Waals surface area contributed by atoms with E-state index in [9.17, 15) is 15.0 Å². The second-order valence-corrected chi connectivity index (χ2v) is 11.8. The predicted octanol–water partition coefficient (Wildman–Crippen LogP) is 2.26. The van der Waals surface area contributed by atoms with Crippen molar-refractivity contribution < 1.29 is 19.7 Å². The van der Waals surface area contributed by atoms with Crippen molar-refractivity contribution in [1.82, 2.24) is 5.01 Å². The molecule has 0 aromatic carbocycles. The van der Waals surface area contributed by atoms with Crippen molar-refractivity contribution in [1.29, 1.82) is 0 Å². The van der Waals surface area contributed by atoms with Crippen molar-refractivity contribution in [3.63, 3.8) is 0 Å². The van der Waals surface area contributed by atoms with E-state index in [-0.39, 0.29) is 41.0 Å². The number of ether oxygens (including phenoxy) is 1. The van der Waals surface area contributed by atoms with Crippen LogP contribution < -0.4 is 0 Å².